The molecule has 1 aliphatic heterocycles. The van der Waals surface area contributed by atoms with E-state index < -0.39 is 5.97 Å². The van der Waals surface area contributed by atoms with Crippen molar-refractivity contribution in [1.29, 1.82) is 0 Å². The Kier molecular flexibility index (Phi) is 10.6. The Hall–Kier alpha value is -4.01. The minimum atomic E-state index is -0.418. The number of aromatic nitrogens is 2. The molecular weight excluding hydrogens is 542 g/mol. The minimum Gasteiger partial charge on any atom is -0.466 e. The molecular formula is C35H41N3O5. The van der Waals surface area contributed by atoms with Gasteiger partial charge in [-0.1, -0.05) is 72.8 Å². The normalized spacial score (nSPS) is 14.4. The second-order valence-corrected chi connectivity index (χ2v) is 11.0. The van der Waals surface area contributed by atoms with Crippen molar-refractivity contribution in [3.63, 3.8) is 0 Å². The molecule has 0 N–H and O–H groups in total. The summed E-state index contributed by atoms with van der Waals surface area (Å²) in [5.41, 5.74) is 2.23. The molecule has 0 unspecified atom stereocenters. The Labute approximate surface area is 252 Å². The molecule has 8 heteroatoms. The Morgan fingerprint density at radius 1 is 0.791 bits per heavy atom. The molecule has 1 fully saturated rings. The topological polar surface area (TPSA) is 82.8 Å². The van der Waals surface area contributed by atoms with Crippen molar-refractivity contribution in [2.75, 3.05) is 26.2 Å². The predicted octanol–water partition coefficient (Wildman–Crippen LogP) is 5.17. The highest BCUT2D eigenvalue weighted by atomic mass is 16.5. The van der Waals surface area contributed by atoms with Crippen LogP contribution in [0.5, 0.6) is 0 Å². The molecule has 2 heterocycles. The zero-order valence-corrected chi connectivity index (χ0v) is 24.9. The summed E-state index contributed by atoms with van der Waals surface area (Å²) in [6.45, 7) is 5.41. The van der Waals surface area contributed by atoms with Crippen molar-refractivity contribution in [3.8, 4) is 0 Å². The first-order valence-corrected chi connectivity index (χ1v) is 15.4. The molecule has 5 rings (SSSR count). The second kappa shape index (κ2) is 14.9. The van der Waals surface area contributed by atoms with Crippen LogP contribution in [-0.2, 0) is 27.4 Å². The largest absolute Gasteiger partial charge is 0.466 e. The zero-order valence-electron chi connectivity index (χ0n) is 24.9. The number of ether oxygens (including phenoxy) is 2. The van der Waals surface area contributed by atoms with Crippen molar-refractivity contribution in [2.45, 2.75) is 64.3 Å². The predicted molar refractivity (Wildman–Crippen MR) is 168 cm³/mol. The van der Waals surface area contributed by atoms with Crippen molar-refractivity contribution < 1.29 is 14.3 Å². The first-order valence-electron chi connectivity index (χ1n) is 15.4. The van der Waals surface area contributed by atoms with E-state index in [2.05, 4.69) is 53.4 Å². The number of nitrogens with zero attached hydrogens (tertiary/aromatic N) is 3. The van der Waals surface area contributed by atoms with E-state index in [-0.39, 0.29) is 43.0 Å². The van der Waals surface area contributed by atoms with Crippen LogP contribution in [0.25, 0.3) is 10.9 Å². The maximum absolute atomic E-state index is 13.3. The third-order valence-corrected chi connectivity index (χ3v) is 8.15. The average molecular weight is 584 g/mol. The van der Waals surface area contributed by atoms with Gasteiger partial charge in [-0.05, 0) is 62.4 Å². The number of benzene rings is 3. The Balaban J connectivity index is 1.16. The van der Waals surface area contributed by atoms with Gasteiger partial charge in [0, 0.05) is 26.2 Å². The van der Waals surface area contributed by atoms with Gasteiger partial charge >= 0.3 is 11.7 Å². The number of carbonyl (C=O) groups is 1. The Bertz CT molecular complexity index is 1550. The van der Waals surface area contributed by atoms with E-state index in [0.29, 0.717) is 17.4 Å². The fraction of sp³-hybridized carbons (Fsp3) is 0.400. The van der Waals surface area contributed by atoms with Gasteiger partial charge in [0.2, 0.25) is 0 Å². The summed E-state index contributed by atoms with van der Waals surface area (Å²) >= 11 is 0. The lowest BCUT2D eigenvalue weighted by molar-refractivity contribution is -0.143. The molecule has 226 valence electrons. The quantitative estimate of drug-likeness (QED) is 0.160. The third kappa shape index (κ3) is 7.69. The molecule has 1 saturated heterocycles. The Morgan fingerprint density at radius 2 is 1.40 bits per heavy atom. The number of rotatable bonds is 13. The van der Waals surface area contributed by atoms with Crippen LogP contribution >= 0.6 is 0 Å². The number of hydrogen-bond donors (Lipinski definition) is 0. The first-order chi connectivity index (χ1) is 21.0. The monoisotopic (exact) mass is 583 g/mol. The Morgan fingerprint density at radius 3 is 2.05 bits per heavy atom. The highest BCUT2D eigenvalue weighted by Crippen LogP contribution is 2.30. The maximum atomic E-state index is 13.3. The van der Waals surface area contributed by atoms with E-state index in [1.807, 2.05) is 24.3 Å². The van der Waals surface area contributed by atoms with Crippen LogP contribution in [0, 0.1) is 0 Å². The number of likely N-dealkylation sites (tertiary alicyclic amines) is 1. The van der Waals surface area contributed by atoms with Gasteiger partial charge in [0.1, 0.15) is 6.10 Å². The molecule has 1 aromatic heterocycles. The number of carbonyl (C=O) groups excluding carboxylic acids is 1. The molecule has 0 amide bonds. The molecule has 3 aromatic carbocycles. The van der Waals surface area contributed by atoms with Gasteiger partial charge in [0.15, 0.2) is 0 Å². The smallest absolute Gasteiger partial charge is 0.331 e. The molecule has 8 nitrogen and oxygen atoms in total. The summed E-state index contributed by atoms with van der Waals surface area (Å²) in [5, 5.41) is 0.484. The van der Waals surface area contributed by atoms with Crippen molar-refractivity contribution in [1.82, 2.24) is 14.0 Å². The number of fused-ring (bicyclic) bond motifs is 1. The third-order valence-electron chi connectivity index (χ3n) is 8.15. The van der Waals surface area contributed by atoms with Gasteiger partial charge in [-0.15, -0.1) is 0 Å². The van der Waals surface area contributed by atoms with Gasteiger partial charge in [-0.3, -0.25) is 18.7 Å². The van der Waals surface area contributed by atoms with Crippen LogP contribution in [0.2, 0.25) is 0 Å². The highest BCUT2D eigenvalue weighted by Gasteiger charge is 2.24. The van der Waals surface area contributed by atoms with Crippen LogP contribution in [0.3, 0.4) is 0 Å². The first kappa shape index (κ1) is 30.4. The number of unbranched alkanes of at least 4 members (excludes halogenated alkanes) is 1. The fourth-order valence-electron chi connectivity index (χ4n) is 5.89. The van der Waals surface area contributed by atoms with E-state index in [4.69, 9.17) is 9.47 Å². The standard InChI is InChI=1S/C35H41N3O5/c1-2-42-32(39)21-26-38-34(40)30-17-9-10-18-31(30)37(35(38)41)23-12-11-22-36-24-19-29(20-25-36)43-33(27-13-5-3-6-14-27)28-15-7-4-8-16-28/h3-10,13-18,29,33H,2,11-12,19-26H2,1H3. The van der Waals surface area contributed by atoms with Crippen LogP contribution in [0.15, 0.2) is 94.5 Å². The van der Waals surface area contributed by atoms with Crippen molar-refractivity contribution in [3.05, 3.63) is 117 Å². The van der Waals surface area contributed by atoms with Gasteiger partial charge in [-0.25, -0.2) is 4.79 Å². The lowest BCUT2D eigenvalue weighted by Gasteiger charge is -2.34. The molecule has 0 radical (unpaired) electrons. The lowest BCUT2D eigenvalue weighted by Crippen LogP contribution is -2.41. The van der Waals surface area contributed by atoms with E-state index in [1.54, 1.807) is 23.6 Å². The molecule has 43 heavy (non-hydrogen) atoms. The van der Waals surface area contributed by atoms with Crippen LogP contribution in [0.4, 0.5) is 0 Å². The molecule has 0 spiro atoms. The maximum Gasteiger partial charge on any atom is 0.331 e. The van der Waals surface area contributed by atoms with Crippen LogP contribution in [-0.4, -0.2) is 52.3 Å². The number of esters is 1. The highest BCUT2D eigenvalue weighted by molar-refractivity contribution is 5.77. The summed E-state index contributed by atoms with van der Waals surface area (Å²) in [6.07, 6.45) is 3.80. The van der Waals surface area contributed by atoms with Crippen molar-refractivity contribution >= 4 is 16.9 Å². The summed E-state index contributed by atoms with van der Waals surface area (Å²) in [6, 6.07) is 28.0. The molecule has 1 aliphatic rings. The summed E-state index contributed by atoms with van der Waals surface area (Å²) in [5.74, 6) is -0.418. The van der Waals surface area contributed by atoms with Gasteiger partial charge in [0.05, 0.1) is 30.0 Å². The van der Waals surface area contributed by atoms with Gasteiger partial charge < -0.3 is 14.4 Å². The molecule has 4 aromatic rings. The van der Waals surface area contributed by atoms with E-state index >= 15 is 0 Å². The minimum absolute atomic E-state index is 0.00769. The van der Waals surface area contributed by atoms with E-state index in [9.17, 15) is 14.4 Å². The average Bonchev–Trinajstić information content (AvgIpc) is 3.05. The van der Waals surface area contributed by atoms with Gasteiger partial charge in [-0.2, -0.15) is 0 Å². The van der Waals surface area contributed by atoms with E-state index in [1.165, 1.54) is 15.7 Å². The fourth-order valence-corrected chi connectivity index (χ4v) is 5.89. The number of aryl methyl sites for hydroxylation is 1. The van der Waals surface area contributed by atoms with Crippen LogP contribution in [0.1, 0.15) is 56.3 Å². The van der Waals surface area contributed by atoms with Crippen molar-refractivity contribution in [2.24, 2.45) is 0 Å². The summed E-state index contributed by atoms with van der Waals surface area (Å²) in [7, 11) is 0. The molecule has 0 bridgehead atoms. The zero-order chi connectivity index (χ0) is 30.0. The lowest BCUT2D eigenvalue weighted by atomic mass is 10.00. The number of piperidine rings is 1. The molecule has 0 saturated carbocycles. The molecule has 0 atom stereocenters. The van der Waals surface area contributed by atoms with E-state index in [0.717, 1.165) is 45.3 Å². The second-order valence-electron chi connectivity index (χ2n) is 11.0. The SMILES string of the molecule is CCOC(=O)CCn1c(=O)c2ccccc2n(CCCCN2CCC(OC(c3ccccc3)c3ccccc3)CC2)c1=O. The van der Waals surface area contributed by atoms with Crippen LogP contribution < -0.4 is 11.2 Å². The summed E-state index contributed by atoms with van der Waals surface area (Å²) < 4.78 is 14.5. The summed E-state index contributed by atoms with van der Waals surface area (Å²) in [4.78, 5) is 40.8. The number of para-hydroxylation sites is 1. The molecule has 0 aliphatic carbocycles. The van der Waals surface area contributed by atoms with Gasteiger partial charge in [0.25, 0.3) is 5.56 Å². The number of hydrogen-bond acceptors (Lipinski definition) is 6.